The van der Waals surface area contributed by atoms with E-state index in [1.54, 1.807) is 42.1 Å². The molecule has 122 valence electrons. The van der Waals surface area contributed by atoms with Crippen molar-refractivity contribution in [3.63, 3.8) is 0 Å². The predicted octanol–water partition coefficient (Wildman–Crippen LogP) is 2.27. The van der Waals surface area contributed by atoms with Crippen LogP contribution in [-0.4, -0.2) is 54.8 Å². The van der Waals surface area contributed by atoms with Gasteiger partial charge in [0.1, 0.15) is 18.9 Å². The van der Waals surface area contributed by atoms with Gasteiger partial charge in [0.25, 0.3) is 0 Å². The molecule has 0 fully saturated rings. The highest BCUT2D eigenvalue weighted by Crippen LogP contribution is 2.24. The van der Waals surface area contributed by atoms with Crippen LogP contribution in [0.15, 0.2) is 0 Å². The summed E-state index contributed by atoms with van der Waals surface area (Å²) in [5.74, 6) is 0.717. The van der Waals surface area contributed by atoms with Crippen LogP contribution in [0.5, 0.6) is 0 Å². The summed E-state index contributed by atoms with van der Waals surface area (Å²) in [6.07, 6.45) is -0.502. The predicted molar refractivity (Wildman–Crippen MR) is 81.7 cm³/mol. The minimum Gasteiger partial charge on any atom is -0.357 e. The highest BCUT2D eigenvalue weighted by Gasteiger charge is 2.45. The molecule has 0 heterocycles. The molecular weight excluding hydrogens is 300 g/mol. The first kappa shape index (κ1) is 20.3. The maximum absolute atomic E-state index is 5.91. The molecule has 8 heteroatoms. The molecule has 0 aromatic heterocycles. The number of thiol groups is 1. The zero-order valence-electron chi connectivity index (χ0n) is 13.3. The van der Waals surface area contributed by atoms with Crippen LogP contribution < -0.4 is 0 Å². The van der Waals surface area contributed by atoms with E-state index in [1.165, 1.54) is 0 Å². The van der Waals surface area contributed by atoms with Crippen LogP contribution in [0.2, 0.25) is 6.04 Å². The summed E-state index contributed by atoms with van der Waals surface area (Å²) in [6, 6.07) is 0.617. The van der Waals surface area contributed by atoms with Crippen LogP contribution in [-0.2, 0) is 27.5 Å². The Morgan fingerprint density at radius 3 is 1.40 bits per heavy atom. The van der Waals surface area contributed by atoms with Gasteiger partial charge < -0.3 is 27.5 Å². The summed E-state index contributed by atoms with van der Waals surface area (Å²) in [4.78, 5) is 0. The molecule has 3 atom stereocenters. The Kier molecular flexibility index (Phi) is 11.1. The van der Waals surface area contributed by atoms with Gasteiger partial charge in [0.2, 0.25) is 0 Å². The van der Waals surface area contributed by atoms with E-state index in [1.807, 2.05) is 0 Å². The van der Waals surface area contributed by atoms with Crippen LogP contribution in [0, 0.1) is 0 Å². The van der Waals surface area contributed by atoms with Crippen LogP contribution in [0.3, 0.4) is 0 Å². The van der Waals surface area contributed by atoms with E-state index in [-0.39, 0.29) is 0 Å². The molecule has 6 nitrogen and oxygen atoms in total. The average Bonchev–Trinajstić information content (AvgIpc) is 2.44. The molecule has 0 aliphatic rings. The standard InChI is InChI=1S/C12H28O6SSi/c1-10(13-4)16-20(9-7-8-19,17-11(2)14-5)18-12(3)15-6/h10-12,19H,7-9H2,1-6H3. The minimum absolute atomic E-state index is 0.435. The third-order valence-electron chi connectivity index (χ3n) is 2.67. The normalized spacial score (nSPS) is 19.4. The van der Waals surface area contributed by atoms with Crippen molar-refractivity contribution in [3.05, 3.63) is 0 Å². The summed E-state index contributed by atoms with van der Waals surface area (Å²) < 4.78 is 33.2. The first-order valence-electron chi connectivity index (χ1n) is 6.65. The Balaban J connectivity index is 5.03. The topological polar surface area (TPSA) is 55.4 Å². The lowest BCUT2D eigenvalue weighted by atomic mass is 10.6. The molecule has 0 saturated heterocycles. The van der Waals surface area contributed by atoms with Crippen molar-refractivity contribution in [1.29, 1.82) is 0 Å². The van der Waals surface area contributed by atoms with Gasteiger partial charge in [0.15, 0.2) is 0 Å². The van der Waals surface area contributed by atoms with E-state index in [2.05, 4.69) is 12.6 Å². The van der Waals surface area contributed by atoms with E-state index in [0.29, 0.717) is 6.04 Å². The third kappa shape index (κ3) is 7.94. The smallest absolute Gasteiger partial charge is 0.357 e. The van der Waals surface area contributed by atoms with E-state index in [9.17, 15) is 0 Å². The average molecular weight is 329 g/mol. The lowest BCUT2D eigenvalue weighted by Crippen LogP contribution is -2.52. The monoisotopic (exact) mass is 328 g/mol. The van der Waals surface area contributed by atoms with E-state index >= 15 is 0 Å². The molecule has 0 aliphatic heterocycles. The van der Waals surface area contributed by atoms with Gasteiger partial charge in [-0.25, -0.2) is 0 Å². The van der Waals surface area contributed by atoms with Gasteiger partial charge in [-0.1, -0.05) is 0 Å². The fraction of sp³-hybridized carbons (Fsp3) is 1.00. The highest BCUT2D eigenvalue weighted by atomic mass is 32.1. The Morgan fingerprint density at radius 1 is 0.800 bits per heavy atom. The van der Waals surface area contributed by atoms with E-state index < -0.39 is 27.7 Å². The number of hydrogen-bond donors (Lipinski definition) is 1. The van der Waals surface area contributed by atoms with Crippen molar-refractivity contribution >= 4 is 21.4 Å². The van der Waals surface area contributed by atoms with Crippen molar-refractivity contribution in [2.24, 2.45) is 0 Å². The van der Waals surface area contributed by atoms with Crippen molar-refractivity contribution in [3.8, 4) is 0 Å². The largest absolute Gasteiger partial charge is 0.506 e. The van der Waals surface area contributed by atoms with Gasteiger partial charge in [-0.05, 0) is 32.9 Å². The van der Waals surface area contributed by atoms with Gasteiger partial charge in [-0.2, -0.15) is 12.6 Å². The van der Waals surface area contributed by atoms with E-state index in [4.69, 9.17) is 27.5 Å². The Hall–Kier alpha value is 0.327. The molecule has 0 aliphatic carbocycles. The minimum atomic E-state index is -2.99. The Labute approximate surface area is 128 Å². The molecule has 0 radical (unpaired) electrons. The van der Waals surface area contributed by atoms with Gasteiger partial charge in [-0.3, -0.25) is 0 Å². The Bertz CT molecular complexity index is 215. The molecular formula is C12H28O6SSi. The fourth-order valence-electron chi connectivity index (χ4n) is 1.46. The van der Waals surface area contributed by atoms with Crippen molar-refractivity contribution < 1.29 is 27.5 Å². The summed E-state index contributed by atoms with van der Waals surface area (Å²) >= 11 is 4.23. The lowest BCUT2D eigenvalue weighted by molar-refractivity contribution is -0.163. The van der Waals surface area contributed by atoms with Crippen molar-refractivity contribution in [2.45, 2.75) is 52.1 Å². The van der Waals surface area contributed by atoms with Crippen molar-refractivity contribution in [1.82, 2.24) is 0 Å². The molecule has 0 N–H and O–H groups in total. The second-order valence-corrected chi connectivity index (χ2v) is 7.29. The number of hydrogen-bond acceptors (Lipinski definition) is 7. The summed E-state index contributed by atoms with van der Waals surface area (Å²) in [6.45, 7) is 5.39. The van der Waals surface area contributed by atoms with Gasteiger partial charge >= 0.3 is 8.80 Å². The molecule has 0 bridgehead atoms. The summed E-state index contributed by atoms with van der Waals surface area (Å²) in [5, 5.41) is 0. The molecule has 0 aromatic rings. The SMILES string of the molecule is COC(C)O[Si](CCCS)(OC(C)OC)OC(C)OC. The van der Waals surface area contributed by atoms with Crippen molar-refractivity contribution in [2.75, 3.05) is 27.1 Å². The number of ether oxygens (including phenoxy) is 3. The zero-order valence-corrected chi connectivity index (χ0v) is 15.1. The molecule has 0 rings (SSSR count). The van der Waals surface area contributed by atoms with Crippen LogP contribution in [0.4, 0.5) is 0 Å². The first-order valence-corrected chi connectivity index (χ1v) is 9.22. The third-order valence-corrected chi connectivity index (χ3v) is 6.03. The van der Waals surface area contributed by atoms with Crippen LogP contribution in [0.1, 0.15) is 27.2 Å². The maximum Gasteiger partial charge on any atom is 0.506 e. The van der Waals surface area contributed by atoms with E-state index in [0.717, 1.165) is 12.2 Å². The van der Waals surface area contributed by atoms with Crippen LogP contribution >= 0.6 is 12.6 Å². The first-order chi connectivity index (χ1) is 9.42. The maximum atomic E-state index is 5.91. The molecule has 0 saturated carbocycles. The lowest BCUT2D eigenvalue weighted by Gasteiger charge is -2.35. The van der Waals surface area contributed by atoms with Crippen LogP contribution in [0.25, 0.3) is 0 Å². The number of methoxy groups -OCH3 is 3. The second-order valence-electron chi connectivity index (χ2n) is 4.27. The molecule has 0 aromatic carbocycles. The molecule has 0 spiro atoms. The quantitative estimate of drug-likeness (QED) is 0.337. The highest BCUT2D eigenvalue weighted by molar-refractivity contribution is 7.80. The Morgan fingerprint density at radius 2 is 1.15 bits per heavy atom. The molecule has 3 unspecified atom stereocenters. The number of rotatable bonds is 12. The van der Waals surface area contributed by atoms with Gasteiger partial charge in [0.05, 0.1) is 0 Å². The second kappa shape index (κ2) is 11.0. The van der Waals surface area contributed by atoms with Gasteiger partial charge in [-0.15, -0.1) is 0 Å². The molecule has 20 heavy (non-hydrogen) atoms. The molecule has 0 amide bonds. The zero-order chi connectivity index (χ0) is 15.6. The van der Waals surface area contributed by atoms with Gasteiger partial charge in [0, 0.05) is 27.4 Å². The fourth-order valence-corrected chi connectivity index (χ4v) is 4.85. The summed E-state index contributed by atoms with van der Waals surface area (Å²) in [7, 11) is 1.72. The summed E-state index contributed by atoms with van der Waals surface area (Å²) in [5.41, 5.74) is 0.